The molecule has 3 aromatic rings. The van der Waals surface area contributed by atoms with E-state index in [-0.39, 0.29) is 5.91 Å². The first-order valence-corrected chi connectivity index (χ1v) is 14.8. The summed E-state index contributed by atoms with van der Waals surface area (Å²) in [6, 6.07) is 15.9. The quantitative estimate of drug-likeness (QED) is 0.0893. The molecule has 3 rings (SSSR count). The fourth-order valence-corrected chi connectivity index (χ4v) is 4.72. The highest BCUT2D eigenvalue weighted by molar-refractivity contribution is 6.41. The number of alkyl halides is 6. The van der Waals surface area contributed by atoms with Crippen molar-refractivity contribution >= 4 is 51.0 Å². The molecule has 0 heterocycles. The predicted octanol–water partition coefficient (Wildman–Crippen LogP) is 7.28. The Morgan fingerprint density at radius 1 is 0.783 bits per heavy atom. The van der Waals surface area contributed by atoms with Crippen molar-refractivity contribution in [2.24, 2.45) is 11.5 Å². The molecule has 0 aliphatic rings. The van der Waals surface area contributed by atoms with Crippen molar-refractivity contribution in [1.29, 1.82) is 0 Å². The Hall–Kier alpha value is -3.62. The lowest BCUT2D eigenvalue weighted by atomic mass is 9.95. The van der Waals surface area contributed by atoms with E-state index in [0.29, 0.717) is 26.1 Å². The number of halogens is 7. The summed E-state index contributed by atoms with van der Waals surface area (Å²) in [4.78, 5) is 33.1. The van der Waals surface area contributed by atoms with E-state index in [9.17, 15) is 31.1 Å². The molecule has 0 aliphatic carbocycles. The number of aliphatic carboxylic acids is 2. The van der Waals surface area contributed by atoms with Gasteiger partial charge in [-0.15, -0.1) is 0 Å². The van der Waals surface area contributed by atoms with Crippen LogP contribution < -0.4 is 11.5 Å². The van der Waals surface area contributed by atoms with Crippen LogP contribution in [0.15, 0.2) is 48.5 Å². The number of carbonyl (C=O) groups is 3. The van der Waals surface area contributed by atoms with E-state index in [1.165, 1.54) is 12.8 Å². The summed E-state index contributed by atoms with van der Waals surface area (Å²) in [6.45, 7) is 4.08. The lowest BCUT2D eigenvalue weighted by molar-refractivity contribution is -0.193. The van der Waals surface area contributed by atoms with Crippen molar-refractivity contribution in [3.63, 3.8) is 0 Å². The molecule has 0 unspecified atom stereocenters. The topological polar surface area (TPSA) is 147 Å². The lowest BCUT2D eigenvalue weighted by Crippen LogP contribution is -2.44. The number of rotatable bonds is 12. The van der Waals surface area contributed by atoms with Gasteiger partial charge < -0.3 is 26.6 Å². The molecule has 15 heteroatoms. The Labute approximate surface area is 267 Å². The minimum absolute atomic E-state index is 0.0293. The van der Waals surface area contributed by atoms with E-state index in [0.717, 1.165) is 57.8 Å². The number of fused-ring (bicyclic) bond motifs is 2. The van der Waals surface area contributed by atoms with E-state index >= 15 is 0 Å². The molecule has 0 spiro atoms. The smallest absolute Gasteiger partial charge is 0.475 e. The maximum absolute atomic E-state index is 13.4. The minimum atomic E-state index is -5.08. The molecule has 1 amide bonds. The number of carboxylic acid groups (broad SMARTS) is 2. The third-order valence-corrected chi connectivity index (χ3v) is 7.10. The number of carbonyl (C=O) groups excluding carboxylic acids is 1. The molecule has 8 nitrogen and oxygen atoms in total. The molecule has 0 saturated heterocycles. The van der Waals surface area contributed by atoms with Gasteiger partial charge in [-0.3, -0.25) is 4.79 Å². The number of hydrogen-bond donors (Lipinski definition) is 4. The Bertz CT molecular complexity index is 1350. The molecule has 0 aromatic heterocycles. The number of nitrogens with zero attached hydrogens (tertiary/aromatic N) is 1. The fourth-order valence-electron chi connectivity index (χ4n) is 4.39. The molecule has 46 heavy (non-hydrogen) atoms. The number of benzene rings is 3. The second kappa shape index (κ2) is 19.1. The zero-order valence-corrected chi connectivity index (χ0v) is 25.9. The van der Waals surface area contributed by atoms with E-state index < -0.39 is 30.3 Å². The summed E-state index contributed by atoms with van der Waals surface area (Å²) in [5.41, 5.74) is 13.1. The molecule has 0 bridgehead atoms. The van der Waals surface area contributed by atoms with Gasteiger partial charge >= 0.3 is 24.3 Å². The van der Waals surface area contributed by atoms with Gasteiger partial charge in [0.2, 0.25) is 5.91 Å². The average molecular weight is 682 g/mol. The van der Waals surface area contributed by atoms with Gasteiger partial charge in [0.15, 0.2) is 0 Å². The standard InChI is InChI=1S/C27H36ClN3O.2C2HF3O2/c1-2-3-4-11-18-31(27(32)25(30)16-9-10-17-29)19-24-20-12-5-7-14-22(20)26(28)23-15-8-6-13-21(23)24;2*3-2(4,5)1(6)7/h5-8,12-15,25H,2-4,9-11,16-19,29-30H2,1H3;2*(H,6,7)/t25-;;/m0../s1. The van der Waals surface area contributed by atoms with Crippen LogP contribution in [0, 0.1) is 0 Å². The molecular weight excluding hydrogens is 644 g/mol. The van der Waals surface area contributed by atoms with E-state index in [2.05, 4.69) is 31.2 Å². The van der Waals surface area contributed by atoms with Crippen LogP contribution in [0.5, 0.6) is 0 Å². The second-order valence-electron chi connectivity index (χ2n) is 10.2. The van der Waals surface area contributed by atoms with Crippen molar-refractivity contribution in [1.82, 2.24) is 4.90 Å². The molecule has 6 N–H and O–H groups in total. The van der Waals surface area contributed by atoms with Crippen LogP contribution in [0.3, 0.4) is 0 Å². The Kier molecular flexibility index (Phi) is 16.8. The van der Waals surface area contributed by atoms with Gasteiger partial charge in [-0.1, -0.05) is 92.7 Å². The Balaban J connectivity index is 0.000000629. The van der Waals surface area contributed by atoms with Crippen LogP contribution in [-0.2, 0) is 20.9 Å². The highest BCUT2D eigenvalue weighted by atomic mass is 35.5. The normalized spacial score (nSPS) is 12.0. The molecule has 0 radical (unpaired) electrons. The van der Waals surface area contributed by atoms with Gasteiger partial charge in [0, 0.05) is 23.9 Å². The number of nitrogens with two attached hydrogens (primary N) is 2. The van der Waals surface area contributed by atoms with Crippen LogP contribution in [0.4, 0.5) is 26.3 Å². The summed E-state index contributed by atoms with van der Waals surface area (Å²) < 4.78 is 63.5. The number of amides is 1. The molecule has 1 atom stereocenters. The zero-order valence-electron chi connectivity index (χ0n) is 25.1. The summed E-state index contributed by atoms with van der Waals surface area (Å²) in [5, 5.41) is 19.2. The third kappa shape index (κ3) is 13.0. The molecule has 0 aliphatic heterocycles. The number of hydrogen-bond acceptors (Lipinski definition) is 5. The first-order valence-electron chi connectivity index (χ1n) is 14.4. The van der Waals surface area contributed by atoms with Crippen molar-refractivity contribution in [2.75, 3.05) is 13.1 Å². The highest BCUT2D eigenvalue weighted by Gasteiger charge is 2.38. The highest BCUT2D eigenvalue weighted by Crippen LogP contribution is 2.36. The van der Waals surface area contributed by atoms with Gasteiger partial charge in [-0.05, 0) is 42.1 Å². The summed E-state index contributed by atoms with van der Waals surface area (Å²) in [6.07, 6.45) is -3.28. The maximum atomic E-state index is 13.4. The van der Waals surface area contributed by atoms with Gasteiger partial charge in [0.25, 0.3) is 0 Å². The summed E-state index contributed by atoms with van der Waals surface area (Å²) in [5.74, 6) is -5.48. The minimum Gasteiger partial charge on any atom is -0.475 e. The first-order chi connectivity index (χ1) is 21.5. The Morgan fingerprint density at radius 3 is 1.61 bits per heavy atom. The largest absolute Gasteiger partial charge is 0.490 e. The molecule has 256 valence electrons. The Morgan fingerprint density at radius 2 is 1.22 bits per heavy atom. The first kappa shape index (κ1) is 40.4. The predicted molar refractivity (Wildman–Crippen MR) is 164 cm³/mol. The van der Waals surface area contributed by atoms with Gasteiger partial charge in [-0.2, -0.15) is 26.3 Å². The van der Waals surface area contributed by atoms with Crippen LogP contribution in [0.1, 0.15) is 57.4 Å². The van der Waals surface area contributed by atoms with Gasteiger partial charge in [0.05, 0.1) is 11.1 Å². The molecule has 0 fully saturated rings. The fraction of sp³-hybridized carbons (Fsp3) is 0.452. The zero-order chi connectivity index (χ0) is 35.1. The second-order valence-corrected chi connectivity index (χ2v) is 10.6. The van der Waals surface area contributed by atoms with Gasteiger partial charge in [-0.25, -0.2) is 9.59 Å². The third-order valence-electron chi connectivity index (χ3n) is 6.69. The maximum Gasteiger partial charge on any atom is 0.490 e. The number of carboxylic acids is 2. The van der Waals surface area contributed by atoms with Crippen molar-refractivity contribution < 1.29 is 50.9 Å². The van der Waals surface area contributed by atoms with Crippen LogP contribution >= 0.6 is 11.6 Å². The molecule has 3 aromatic carbocycles. The van der Waals surface area contributed by atoms with Crippen LogP contribution in [0.25, 0.3) is 21.5 Å². The van der Waals surface area contributed by atoms with Crippen molar-refractivity contribution in [2.45, 2.75) is 76.8 Å². The lowest BCUT2D eigenvalue weighted by Gasteiger charge is -2.27. The average Bonchev–Trinajstić information content (AvgIpc) is 2.99. The number of unbranched alkanes of at least 4 members (excludes halogenated alkanes) is 4. The summed E-state index contributed by atoms with van der Waals surface area (Å²) >= 11 is 6.77. The molecular formula is C31H38ClF6N3O5. The monoisotopic (exact) mass is 681 g/mol. The van der Waals surface area contributed by atoms with Crippen LogP contribution in [-0.4, -0.2) is 64.4 Å². The molecule has 0 saturated carbocycles. The van der Waals surface area contributed by atoms with Gasteiger partial charge in [0.1, 0.15) is 0 Å². The van der Waals surface area contributed by atoms with Crippen molar-refractivity contribution in [3.8, 4) is 0 Å². The van der Waals surface area contributed by atoms with E-state index in [4.69, 9.17) is 42.9 Å². The summed E-state index contributed by atoms with van der Waals surface area (Å²) in [7, 11) is 0. The van der Waals surface area contributed by atoms with Crippen molar-refractivity contribution in [3.05, 3.63) is 59.1 Å². The van der Waals surface area contributed by atoms with E-state index in [1.54, 1.807) is 0 Å². The van der Waals surface area contributed by atoms with Crippen LogP contribution in [0.2, 0.25) is 5.02 Å². The van der Waals surface area contributed by atoms with E-state index in [1.807, 2.05) is 29.2 Å². The SMILES string of the molecule is CCCCCCN(Cc1c2ccccc2c(Cl)c2ccccc12)C(=O)[C@@H](N)CCCCN.O=C(O)C(F)(F)F.O=C(O)C(F)(F)F.